The van der Waals surface area contributed by atoms with E-state index < -0.39 is 0 Å². The summed E-state index contributed by atoms with van der Waals surface area (Å²) in [4.78, 5) is 4.58. The second-order valence-electron chi connectivity index (χ2n) is 5.29. The highest BCUT2D eigenvalue weighted by atomic mass is 35.5. The van der Waals surface area contributed by atoms with Crippen LogP contribution < -0.4 is 5.32 Å². The molecule has 2 aromatic carbocycles. The summed E-state index contributed by atoms with van der Waals surface area (Å²) < 4.78 is 13.1. The van der Waals surface area contributed by atoms with Gasteiger partial charge in [-0.1, -0.05) is 29.8 Å². The third kappa shape index (κ3) is 3.37. The van der Waals surface area contributed by atoms with E-state index in [9.17, 15) is 4.39 Å². The lowest BCUT2D eigenvalue weighted by molar-refractivity contribution is 0.625. The second-order valence-corrected chi connectivity index (χ2v) is 5.73. The standard InChI is InChI=1S/C18H16ClFN2/c1-12-9-18(22-17-11-14(19)5-6-16(12)17)21-8-7-13-3-2-4-15(20)10-13/h2-6,9-11H,7-8H2,1H3,(H,21,22). The molecule has 1 aromatic heterocycles. The van der Waals surface area contributed by atoms with Gasteiger partial charge in [-0.2, -0.15) is 0 Å². The van der Waals surface area contributed by atoms with Crippen LogP contribution in [0.5, 0.6) is 0 Å². The first-order valence-electron chi connectivity index (χ1n) is 7.17. The van der Waals surface area contributed by atoms with Gasteiger partial charge in [-0.15, -0.1) is 0 Å². The minimum Gasteiger partial charge on any atom is -0.370 e. The summed E-state index contributed by atoms with van der Waals surface area (Å²) in [7, 11) is 0. The average molecular weight is 315 g/mol. The number of fused-ring (bicyclic) bond motifs is 1. The van der Waals surface area contributed by atoms with Crippen molar-refractivity contribution in [3.05, 3.63) is 70.5 Å². The van der Waals surface area contributed by atoms with Gasteiger partial charge in [0.1, 0.15) is 11.6 Å². The summed E-state index contributed by atoms with van der Waals surface area (Å²) >= 11 is 6.03. The topological polar surface area (TPSA) is 24.9 Å². The Morgan fingerprint density at radius 2 is 2.00 bits per heavy atom. The van der Waals surface area contributed by atoms with Gasteiger partial charge in [-0.25, -0.2) is 9.37 Å². The van der Waals surface area contributed by atoms with Crippen LogP contribution in [0.2, 0.25) is 5.02 Å². The van der Waals surface area contributed by atoms with Crippen LogP contribution in [0.1, 0.15) is 11.1 Å². The number of aromatic nitrogens is 1. The summed E-state index contributed by atoms with van der Waals surface area (Å²) in [5, 5.41) is 5.06. The van der Waals surface area contributed by atoms with Crippen molar-refractivity contribution in [3.8, 4) is 0 Å². The SMILES string of the molecule is Cc1cc(NCCc2cccc(F)c2)nc2cc(Cl)ccc12. The number of benzene rings is 2. The lowest BCUT2D eigenvalue weighted by Crippen LogP contribution is -2.06. The molecule has 3 rings (SSSR count). The molecule has 1 heterocycles. The summed E-state index contributed by atoms with van der Waals surface area (Å²) in [5.74, 6) is 0.607. The van der Waals surface area contributed by atoms with Crippen molar-refractivity contribution in [1.82, 2.24) is 4.98 Å². The van der Waals surface area contributed by atoms with Gasteiger partial charge in [-0.05, 0) is 54.8 Å². The molecular weight excluding hydrogens is 299 g/mol. The lowest BCUT2D eigenvalue weighted by atomic mass is 10.1. The molecule has 2 nitrogen and oxygen atoms in total. The molecule has 112 valence electrons. The van der Waals surface area contributed by atoms with Crippen LogP contribution >= 0.6 is 11.6 Å². The Hall–Kier alpha value is -2.13. The fourth-order valence-electron chi connectivity index (χ4n) is 2.49. The fraction of sp³-hybridized carbons (Fsp3) is 0.167. The fourth-order valence-corrected chi connectivity index (χ4v) is 2.66. The number of halogens is 2. The van der Waals surface area contributed by atoms with Gasteiger partial charge in [0.2, 0.25) is 0 Å². The first kappa shape index (κ1) is 14.8. The van der Waals surface area contributed by atoms with Crippen molar-refractivity contribution < 1.29 is 4.39 Å². The number of aryl methyl sites for hydroxylation is 1. The van der Waals surface area contributed by atoms with Crippen LogP contribution in [0.15, 0.2) is 48.5 Å². The zero-order valence-electron chi connectivity index (χ0n) is 12.2. The van der Waals surface area contributed by atoms with Gasteiger partial charge in [0.15, 0.2) is 0 Å². The summed E-state index contributed by atoms with van der Waals surface area (Å²) in [6, 6.07) is 14.4. The van der Waals surface area contributed by atoms with Crippen LogP contribution in [-0.2, 0) is 6.42 Å². The normalized spacial score (nSPS) is 10.9. The van der Waals surface area contributed by atoms with Gasteiger partial charge in [0, 0.05) is 17.0 Å². The molecule has 0 spiro atoms. The number of hydrogen-bond acceptors (Lipinski definition) is 2. The Kier molecular flexibility index (Phi) is 4.25. The quantitative estimate of drug-likeness (QED) is 0.733. The molecule has 1 N–H and O–H groups in total. The van der Waals surface area contributed by atoms with Crippen molar-refractivity contribution in [1.29, 1.82) is 0 Å². The molecule has 0 aliphatic carbocycles. The van der Waals surface area contributed by atoms with Crippen molar-refractivity contribution in [2.24, 2.45) is 0 Å². The van der Waals surface area contributed by atoms with E-state index in [0.29, 0.717) is 11.6 Å². The number of pyridine rings is 1. The number of anilines is 1. The molecule has 22 heavy (non-hydrogen) atoms. The Morgan fingerprint density at radius 1 is 1.14 bits per heavy atom. The molecule has 0 amide bonds. The van der Waals surface area contributed by atoms with E-state index in [4.69, 9.17) is 11.6 Å². The highest BCUT2D eigenvalue weighted by molar-refractivity contribution is 6.31. The highest BCUT2D eigenvalue weighted by Gasteiger charge is 2.04. The maximum Gasteiger partial charge on any atom is 0.126 e. The van der Waals surface area contributed by atoms with E-state index in [1.54, 1.807) is 12.1 Å². The number of rotatable bonds is 4. The Balaban J connectivity index is 1.74. The van der Waals surface area contributed by atoms with Gasteiger partial charge in [0.25, 0.3) is 0 Å². The predicted octanol–water partition coefficient (Wildman–Crippen LogP) is 4.99. The van der Waals surface area contributed by atoms with Crippen LogP contribution in [-0.4, -0.2) is 11.5 Å². The third-order valence-corrected chi connectivity index (χ3v) is 3.82. The molecule has 4 heteroatoms. The molecule has 0 aliphatic rings. The van der Waals surface area contributed by atoms with Crippen LogP contribution in [0.25, 0.3) is 10.9 Å². The molecule has 0 aliphatic heterocycles. The van der Waals surface area contributed by atoms with Crippen LogP contribution in [0.3, 0.4) is 0 Å². The van der Waals surface area contributed by atoms with Crippen molar-refractivity contribution in [3.63, 3.8) is 0 Å². The molecule has 3 aromatic rings. The molecule has 0 bridgehead atoms. The minimum atomic E-state index is -0.202. The van der Waals surface area contributed by atoms with E-state index in [0.717, 1.165) is 34.3 Å². The van der Waals surface area contributed by atoms with Crippen LogP contribution in [0.4, 0.5) is 10.2 Å². The maximum atomic E-state index is 13.1. The highest BCUT2D eigenvalue weighted by Crippen LogP contribution is 2.23. The van der Waals surface area contributed by atoms with Gasteiger partial charge < -0.3 is 5.32 Å². The summed E-state index contributed by atoms with van der Waals surface area (Å²) in [6.07, 6.45) is 0.742. The van der Waals surface area contributed by atoms with E-state index in [1.807, 2.05) is 30.3 Å². The smallest absolute Gasteiger partial charge is 0.126 e. The van der Waals surface area contributed by atoms with Crippen LogP contribution in [0, 0.1) is 12.7 Å². The first-order valence-corrected chi connectivity index (χ1v) is 7.55. The first-order chi connectivity index (χ1) is 10.6. The summed E-state index contributed by atoms with van der Waals surface area (Å²) in [6.45, 7) is 2.75. The molecule has 0 unspecified atom stereocenters. The zero-order chi connectivity index (χ0) is 15.5. The van der Waals surface area contributed by atoms with E-state index in [-0.39, 0.29) is 5.82 Å². The molecule has 0 saturated heterocycles. The maximum absolute atomic E-state index is 13.1. The summed E-state index contributed by atoms with van der Waals surface area (Å²) in [5.41, 5.74) is 2.99. The van der Waals surface area contributed by atoms with Crippen molar-refractivity contribution in [2.75, 3.05) is 11.9 Å². The minimum absolute atomic E-state index is 0.202. The number of nitrogens with zero attached hydrogens (tertiary/aromatic N) is 1. The lowest BCUT2D eigenvalue weighted by Gasteiger charge is -2.09. The second kappa shape index (κ2) is 6.32. The van der Waals surface area contributed by atoms with E-state index in [2.05, 4.69) is 17.2 Å². The Morgan fingerprint density at radius 3 is 2.82 bits per heavy atom. The zero-order valence-corrected chi connectivity index (χ0v) is 13.0. The molecule has 0 saturated carbocycles. The monoisotopic (exact) mass is 314 g/mol. The number of hydrogen-bond donors (Lipinski definition) is 1. The van der Waals surface area contributed by atoms with Crippen molar-refractivity contribution >= 4 is 28.3 Å². The predicted molar refractivity (Wildman–Crippen MR) is 90.1 cm³/mol. The third-order valence-electron chi connectivity index (χ3n) is 3.59. The Labute approximate surface area is 134 Å². The molecule has 0 atom stereocenters. The molecule has 0 radical (unpaired) electrons. The average Bonchev–Trinajstić information content (AvgIpc) is 2.47. The Bertz CT molecular complexity index is 817. The number of nitrogens with one attached hydrogen (secondary N) is 1. The van der Waals surface area contributed by atoms with Gasteiger partial charge >= 0.3 is 0 Å². The molecular formula is C18H16ClFN2. The molecule has 0 fully saturated rings. The largest absolute Gasteiger partial charge is 0.370 e. The van der Waals surface area contributed by atoms with E-state index in [1.165, 1.54) is 6.07 Å². The van der Waals surface area contributed by atoms with Gasteiger partial charge in [0.05, 0.1) is 5.52 Å². The van der Waals surface area contributed by atoms with Crippen molar-refractivity contribution in [2.45, 2.75) is 13.3 Å². The van der Waals surface area contributed by atoms with Gasteiger partial charge in [-0.3, -0.25) is 0 Å². The van der Waals surface area contributed by atoms with E-state index >= 15 is 0 Å².